The molecule has 0 aromatic carbocycles. The fourth-order valence-electron chi connectivity index (χ4n) is 3.62. The molecule has 22 heavy (non-hydrogen) atoms. The second-order valence-corrected chi connectivity index (χ2v) is 6.63. The molecule has 1 unspecified atom stereocenters. The Kier molecular flexibility index (Phi) is 5.13. The van der Waals surface area contributed by atoms with E-state index in [-0.39, 0.29) is 6.10 Å². The van der Waals surface area contributed by atoms with Crippen LogP contribution in [0.1, 0.15) is 24.1 Å². The number of nitrogens with zero attached hydrogens (tertiary/aromatic N) is 4. The molecule has 3 rings (SSSR count). The molecule has 2 aliphatic rings. The van der Waals surface area contributed by atoms with Crippen LogP contribution >= 0.6 is 0 Å². The predicted octanol–water partition coefficient (Wildman–Crippen LogP) is 0.386. The topological polar surface area (TPSA) is 53.8 Å². The molecule has 1 N–H and O–H groups in total. The second-order valence-electron chi connectivity index (χ2n) is 6.63. The van der Waals surface area contributed by atoms with Gasteiger partial charge in [-0.05, 0) is 25.3 Å². The summed E-state index contributed by atoms with van der Waals surface area (Å²) in [6.45, 7) is 8.23. The van der Waals surface area contributed by atoms with Gasteiger partial charge in [0.1, 0.15) is 0 Å². The standard InChI is InChI=1S/C16H28N4O2/c1-13-9-17-18(2)16(13)12-19-5-6-20(11-15(21)10-19)14-3-7-22-8-4-14/h9,14-15,21H,3-8,10-12H2,1-2H3. The van der Waals surface area contributed by atoms with Crippen molar-refractivity contribution in [3.05, 3.63) is 17.5 Å². The van der Waals surface area contributed by atoms with Crippen LogP contribution in [0.15, 0.2) is 6.20 Å². The zero-order valence-electron chi connectivity index (χ0n) is 13.7. The van der Waals surface area contributed by atoms with E-state index in [0.717, 1.165) is 58.8 Å². The summed E-state index contributed by atoms with van der Waals surface area (Å²) >= 11 is 0. The summed E-state index contributed by atoms with van der Waals surface area (Å²) in [4.78, 5) is 4.82. The van der Waals surface area contributed by atoms with E-state index in [2.05, 4.69) is 21.8 Å². The quantitative estimate of drug-likeness (QED) is 0.875. The van der Waals surface area contributed by atoms with E-state index < -0.39 is 0 Å². The monoisotopic (exact) mass is 308 g/mol. The van der Waals surface area contributed by atoms with Crippen LogP contribution in [0.25, 0.3) is 0 Å². The molecule has 0 spiro atoms. The Hall–Kier alpha value is -0.950. The van der Waals surface area contributed by atoms with Crippen molar-refractivity contribution in [1.82, 2.24) is 19.6 Å². The van der Waals surface area contributed by atoms with Gasteiger partial charge in [-0.3, -0.25) is 14.5 Å². The van der Waals surface area contributed by atoms with Gasteiger partial charge in [0.05, 0.1) is 18.0 Å². The third kappa shape index (κ3) is 3.68. The third-order valence-corrected chi connectivity index (χ3v) is 4.97. The minimum absolute atomic E-state index is 0.279. The number of rotatable bonds is 3. The van der Waals surface area contributed by atoms with Crippen molar-refractivity contribution in [2.45, 2.75) is 38.5 Å². The molecule has 6 heteroatoms. The van der Waals surface area contributed by atoms with Crippen LogP contribution < -0.4 is 0 Å². The zero-order chi connectivity index (χ0) is 15.5. The van der Waals surface area contributed by atoms with E-state index in [1.54, 1.807) is 0 Å². The molecule has 1 aromatic heterocycles. The summed E-state index contributed by atoms with van der Waals surface area (Å²) in [6.07, 6.45) is 3.82. The lowest BCUT2D eigenvalue weighted by molar-refractivity contribution is 0.0217. The van der Waals surface area contributed by atoms with Gasteiger partial charge in [0.2, 0.25) is 0 Å². The lowest BCUT2D eigenvalue weighted by Crippen LogP contribution is -2.43. The first-order valence-corrected chi connectivity index (χ1v) is 8.33. The number of β-amino-alcohol motifs (C(OH)–C–C–N with tert-alkyl or cyclic N) is 1. The number of hydrogen-bond donors (Lipinski definition) is 1. The largest absolute Gasteiger partial charge is 0.390 e. The van der Waals surface area contributed by atoms with Crippen LogP contribution in [0.4, 0.5) is 0 Å². The van der Waals surface area contributed by atoms with Gasteiger partial charge in [0, 0.05) is 59.0 Å². The van der Waals surface area contributed by atoms with Crippen molar-refractivity contribution in [2.75, 3.05) is 39.4 Å². The average molecular weight is 308 g/mol. The van der Waals surface area contributed by atoms with Crippen LogP contribution in [0, 0.1) is 6.92 Å². The van der Waals surface area contributed by atoms with Gasteiger partial charge in [-0.2, -0.15) is 5.10 Å². The number of aromatic nitrogens is 2. The molecule has 1 aromatic rings. The Morgan fingerprint density at radius 1 is 1.27 bits per heavy atom. The first-order valence-electron chi connectivity index (χ1n) is 8.33. The normalized spacial score (nSPS) is 26.2. The van der Waals surface area contributed by atoms with Gasteiger partial charge in [0.25, 0.3) is 0 Å². The molecule has 0 saturated carbocycles. The zero-order valence-corrected chi connectivity index (χ0v) is 13.7. The van der Waals surface area contributed by atoms with Crippen molar-refractivity contribution in [3.63, 3.8) is 0 Å². The Morgan fingerprint density at radius 3 is 2.73 bits per heavy atom. The summed E-state index contributed by atoms with van der Waals surface area (Å²) < 4.78 is 7.40. The van der Waals surface area contributed by atoms with Gasteiger partial charge in [-0.25, -0.2) is 0 Å². The minimum atomic E-state index is -0.279. The lowest BCUT2D eigenvalue weighted by Gasteiger charge is -2.33. The number of aliphatic hydroxyl groups excluding tert-OH is 1. The summed E-state index contributed by atoms with van der Waals surface area (Å²) in [7, 11) is 1.99. The van der Waals surface area contributed by atoms with Crippen molar-refractivity contribution in [3.8, 4) is 0 Å². The predicted molar refractivity (Wildman–Crippen MR) is 84.6 cm³/mol. The first kappa shape index (κ1) is 15.9. The second kappa shape index (κ2) is 7.08. The van der Waals surface area contributed by atoms with E-state index >= 15 is 0 Å². The van der Waals surface area contributed by atoms with Gasteiger partial charge in [0.15, 0.2) is 0 Å². The smallest absolute Gasteiger partial charge is 0.0794 e. The van der Waals surface area contributed by atoms with Gasteiger partial charge >= 0.3 is 0 Å². The van der Waals surface area contributed by atoms with Crippen molar-refractivity contribution in [2.24, 2.45) is 7.05 Å². The van der Waals surface area contributed by atoms with E-state index in [9.17, 15) is 5.11 Å². The van der Waals surface area contributed by atoms with Crippen molar-refractivity contribution in [1.29, 1.82) is 0 Å². The summed E-state index contributed by atoms with van der Waals surface area (Å²) in [5.74, 6) is 0. The average Bonchev–Trinajstić information content (AvgIpc) is 2.73. The molecule has 1 atom stereocenters. The Morgan fingerprint density at radius 2 is 2.05 bits per heavy atom. The summed E-state index contributed by atoms with van der Waals surface area (Å²) in [5.41, 5.74) is 2.47. The number of aryl methyl sites for hydroxylation is 2. The van der Waals surface area contributed by atoms with Gasteiger partial charge < -0.3 is 9.84 Å². The van der Waals surface area contributed by atoms with Crippen LogP contribution in [0.2, 0.25) is 0 Å². The summed E-state index contributed by atoms with van der Waals surface area (Å²) in [6, 6.07) is 0.571. The SMILES string of the molecule is Cc1cnn(C)c1CN1CCN(C2CCOCC2)CC(O)C1. The molecule has 3 heterocycles. The number of hydrogen-bond acceptors (Lipinski definition) is 5. The Labute approximate surface area is 132 Å². The van der Waals surface area contributed by atoms with Crippen LogP contribution in [-0.2, 0) is 18.3 Å². The maximum atomic E-state index is 10.4. The summed E-state index contributed by atoms with van der Waals surface area (Å²) in [5, 5.41) is 14.7. The highest BCUT2D eigenvalue weighted by Gasteiger charge is 2.28. The highest BCUT2D eigenvalue weighted by molar-refractivity contribution is 5.15. The van der Waals surface area contributed by atoms with Crippen molar-refractivity contribution >= 4 is 0 Å². The number of aliphatic hydroxyl groups is 1. The van der Waals surface area contributed by atoms with Crippen molar-refractivity contribution < 1.29 is 9.84 Å². The van der Waals surface area contributed by atoms with Gasteiger partial charge in [-0.1, -0.05) is 0 Å². The molecule has 2 saturated heterocycles. The highest BCUT2D eigenvalue weighted by atomic mass is 16.5. The fraction of sp³-hybridized carbons (Fsp3) is 0.812. The molecule has 2 fully saturated rings. The highest BCUT2D eigenvalue weighted by Crippen LogP contribution is 2.18. The fourth-order valence-corrected chi connectivity index (χ4v) is 3.62. The Bertz CT molecular complexity index is 465. The van der Waals surface area contributed by atoms with E-state index in [1.165, 1.54) is 11.3 Å². The number of ether oxygens (including phenoxy) is 1. The molecule has 6 nitrogen and oxygen atoms in total. The first-order chi connectivity index (χ1) is 10.6. The third-order valence-electron chi connectivity index (χ3n) is 4.97. The van der Waals surface area contributed by atoms with E-state index in [0.29, 0.717) is 6.04 Å². The maximum Gasteiger partial charge on any atom is 0.0794 e. The lowest BCUT2D eigenvalue weighted by atomic mass is 10.1. The van der Waals surface area contributed by atoms with Crippen LogP contribution in [0.5, 0.6) is 0 Å². The molecule has 0 bridgehead atoms. The maximum absolute atomic E-state index is 10.4. The van der Waals surface area contributed by atoms with Crippen LogP contribution in [0.3, 0.4) is 0 Å². The molecule has 0 amide bonds. The molecular formula is C16H28N4O2. The molecule has 124 valence electrons. The van der Waals surface area contributed by atoms with E-state index in [1.807, 2.05) is 17.9 Å². The minimum Gasteiger partial charge on any atom is -0.390 e. The molecule has 2 aliphatic heterocycles. The van der Waals surface area contributed by atoms with Gasteiger partial charge in [-0.15, -0.1) is 0 Å². The van der Waals surface area contributed by atoms with E-state index in [4.69, 9.17) is 4.74 Å². The molecule has 0 aliphatic carbocycles. The molecule has 0 radical (unpaired) electrons. The Balaban J connectivity index is 1.61. The molecular weight excluding hydrogens is 280 g/mol. The van der Waals surface area contributed by atoms with Crippen LogP contribution in [-0.4, -0.2) is 76.2 Å².